The average Bonchev–Trinajstić information content (AvgIpc) is 3.04. The predicted octanol–water partition coefficient (Wildman–Crippen LogP) is 7.15. The third kappa shape index (κ3) is 8.58. The van der Waals surface area contributed by atoms with Gasteiger partial charge in [-0.25, -0.2) is 4.79 Å². The number of hydrogen-bond donors (Lipinski definition) is 1. The molecule has 0 aliphatic heterocycles. The minimum absolute atomic E-state index is 0.140. The van der Waals surface area contributed by atoms with Crippen LogP contribution in [0, 0.1) is 0 Å². The summed E-state index contributed by atoms with van der Waals surface area (Å²) in [4.78, 5) is 40.3. The molecule has 0 heterocycles. The highest BCUT2D eigenvalue weighted by Crippen LogP contribution is 2.23. The lowest BCUT2D eigenvalue weighted by molar-refractivity contribution is -0.141. The first kappa shape index (κ1) is 32.0. The van der Waals surface area contributed by atoms with Gasteiger partial charge in [0.15, 0.2) is 5.78 Å². The van der Waals surface area contributed by atoms with Gasteiger partial charge in [0, 0.05) is 46.1 Å². The third-order valence-corrected chi connectivity index (χ3v) is 7.15. The molecule has 7 nitrogen and oxygen atoms in total. The van der Waals surface area contributed by atoms with Crippen LogP contribution in [0.25, 0.3) is 0 Å². The molecule has 0 saturated carbocycles. The van der Waals surface area contributed by atoms with Crippen LogP contribution in [0.15, 0.2) is 115 Å². The number of anilines is 2. The van der Waals surface area contributed by atoms with Crippen molar-refractivity contribution in [3.8, 4) is 5.75 Å². The minimum Gasteiger partial charge on any atom is -0.494 e. The van der Waals surface area contributed by atoms with E-state index in [2.05, 4.69) is 11.9 Å². The Morgan fingerprint density at radius 1 is 0.909 bits per heavy atom. The quantitative estimate of drug-likeness (QED) is 0.0707. The van der Waals surface area contributed by atoms with Crippen LogP contribution in [0.1, 0.15) is 34.8 Å². The normalized spacial score (nSPS) is 11.2. The smallest absolute Gasteiger partial charge is 0.328 e. The van der Waals surface area contributed by atoms with Crippen molar-refractivity contribution in [2.24, 2.45) is 0 Å². The van der Waals surface area contributed by atoms with E-state index in [0.29, 0.717) is 64.8 Å². The lowest BCUT2D eigenvalue weighted by Gasteiger charge is -2.23. The largest absolute Gasteiger partial charge is 0.494 e. The fourth-order valence-corrected chi connectivity index (χ4v) is 4.85. The second-order valence-corrected chi connectivity index (χ2v) is 10.7. The highest BCUT2D eigenvalue weighted by molar-refractivity contribution is 6.31. The van der Waals surface area contributed by atoms with Crippen LogP contribution in [0.4, 0.5) is 11.4 Å². The molecule has 1 N–H and O–H groups in total. The average molecular weight is 611 g/mol. The van der Waals surface area contributed by atoms with Crippen molar-refractivity contribution in [1.29, 1.82) is 0 Å². The summed E-state index contributed by atoms with van der Waals surface area (Å²) >= 11 is 6.14. The summed E-state index contributed by atoms with van der Waals surface area (Å²) < 4.78 is 11.0. The van der Waals surface area contributed by atoms with Crippen molar-refractivity contribution in [3.63, 3.8) is 0 Å². The van der Waals surface area contributed by atoms with Gasteiger partial charge in [-0.1, -0.05) is 78.8 Å². The van der Waals surface area contributed by atoms with Crippen LogP contribution in [0.5, 0.6) is 5.75 Å². The standard InChI is InChI=1S/C36H35ClN2O5/c1-25(2)35(41)39(29-14-9-13-28(37)24-29)21-10-22-44-30-19-17-26(18-20-30)23-33(36(42)43-3)38-32-16-8-7-15-31(32)34(40)27-11-5-4-6-12-27/h4-9,11-20,24,33,38H,1,10,21-23H2,2-3H3. The number of rotatable bonds is 14. The Balaban J connectivity index is 1.37. The minimum atomic E-state index is -0.722. The van der Waals surface area contributed by atoms with E-state index in [-0.39, 0.29) is 11.7 Å². The summed E-state index contributed by atoms with van der Waals surface area (Å²) in [6.45, 7) is 6.29. The first-order valence-electron chi connectivity index (χ1n) is 14.2. The Hall–Kier alpha value is -4.88. The Morgan fingerprint density at radius 3 is 2.30 bits per heavy atom. The molecule has 0 aromatic heterocycles. The van der Waals surface area contributed by atoms with Gasteiger partial charge in [-0.3, -0.25) is 9.59 Å². The van der Waals surface area contributed by atoms with Crippen LogP contribution < -0.4 is 15.0 Å². The van der Waals surface area contributed by atoms with Gasteiger partial charge in [0.1, 0.15) is 11.8 Å². The van der Waals surface area contributed by atoms with Crippen molar-refractivity contribution in [3.05, 3.63) is 137 Å². The number of ether oxygens (including phenoxy) is 2. The number of carbonyl (C=O) groups excluding carboxylic acids is 3. The van der Waals surface area contributed by atoms with Crippen LogP contribution in [0.3, 0.4) is 0 Å². The van der Waals surface area contributed by atoms with Gasteiger partial charge in [-0.15, -0.1) is 0 Å². The summed E-state index contributed by atoms with van der Waals surface area (Å²) in [5.74, 6) is -0.0903. The van der Waals surface area contributed by atoms with Gasteiger partial charge < -0.3 is 19.7 Å². The number of carbonyl (C=O) groups is 3. The maximum absolute atomic E-state index is 13.2. The number of ketones is 1. The molecule has 0 aliphatic carbocycles. The Bertz CT molecular complexity index is 1600. The number of para-hydroxylation sites is 1. The van der Waals surface area contributed by atoms with E-state index in [4.69, 9.17) is 21.1 Å². The number of nitrogens with zero attached hydrogens (tertiary/aromatic N) is 1. The summed E-state index contributed by atoms with van der Waals surface area (Å²) in [7, 11) is 1.34. The van der Waals surface area contributed by atoms with E-state index in [9.17, 15) is 14.4 Å². The number of halogens is 1. The molecule has 4 rings (SSSR count). The monoisotopic (exact) mass is 610 g/mol. The molecule has 8 heteroatoms. The van der Waals surface area contributed by atoms with Crippen LogP contribution in [-0.2, 0) is 20.7 Å². The molecule has 0 aliphatic rings. The summed E-state index contributed by atoms with van der Waals surface area (Å²) in [5, 5.41) is 3.77. The van der Waals surface area contributed by atoms with Crippen molar-refractivity contribution < 1.29 is 23.9 Å². The van der Waals surface area contributed by atoms with Crippen molar-refractivity contribution in [2.75, 3.05) is 30.5 Å². The molecule has 1 amide bonds. The van der Waals surface area contributed by atoms with Gasteiger partial charge >= 0.3 is 5.97 Å². The fourth-order valence-electron chi connectivity index (χ4n) is 4.67. The van der Waals surface area contributed by atoms with Crippen molar-refractivity contribution >= 4 is 40.6 Å². The highest BCUT2D eigenvalue weighted by atomic mass is 35.5. The Kier molecular flexibility index (Phi) is 11.3. The molecule has 226 valence electrons. The summed E-state index contributed by atoms with van der Waals surface area (Å²) in [6, 6.07) is 30.0. The second kappa shape index (κ2) is 15.5. The number of amides is 1. The van der Waals surface area contributed by atoms with Crippen LogP contribution in [-0.4, -0.2) is 44.0 Å². The molecule has 44 heavy (non-hydrogen) atoms. The number of methoxy groups -OCH3 is 1. The Labute approximate surface area is 263 Å². The molecule has 0 saturated heterocycles. The molecule has 4 aromatic rings. The molecule has 0 bridgehead atoms. The van der Waals surface area contributed by atoms with Crippen LogP contribution in [0.2, 0.25) is 5.02 Å². The molecular formula is C36H35ClN2O5. The molecule has 0 fully saturated rings. The summed E-state index contributed by atoms with van der Waals surface area (Å²) in [5.41, 5.74) is 3.60. The van der Waals surface area contributed by atoms with Gasteiger partial charge in [0.2, 0.25) is 0 Å². The predicted molar refractivity (Wildman–Crippen MR) is 175 cm³/mol. The molecule has 4 aromatic carbocycles. The topological polar surface area (TPSA) is 84.9 Å². The van der Waals surface area contributed by atoms with Gasteiger partial charge in [-0.2, -0.15) is 0 Å². The molecule has 1 atom stereocenters. The maximum atomic E-state index is 13.2. The second-order valence-electron chi connectivity index (χ2n) is 10.2. The summed E-state index contributed by atoms with van der Waals surface area (Å²) in [6.07, 6.45) is 0.918. The lowest BCUT2D eigenvalue weighted by atomic mass is 10.00. The first-order chi connectivity index (χ1) is 21.3. The lowest BCUT2D eigenvalue weighted by Crippen LogP contribution is -2.33. The molecular weight excluding hydrogens is 576 g/mol. The number of esters is 1. The number of nitrogens with one attached hydrogen (secondary N) is 1. The van der Waals surface area contributed by atoms with E-state index >= 15 is 0 Å². The SMILES string of the molecule is C=C(C)C(=O)N(CCCOc1ccc(CC(Nc2ccccc2C(=O)c2ccccc2)C(=O)OC)cc1)c1cccc(Cl)c1. The van der Waals surface area contributed by atoms with Crippen molar-refractivity contribution in [1.82, 2.24) is 0 Å². The van der Waals surface area contributed by atoms with E-state index in [0.717, 1.165) is 5.56 Å². The van der Waals surface area contributed by atoms with E-state index < -0.39 is 12.0 Å². The first-order valence-corrected chi connectivity index (χ1v) is 14.6. The molecule has 0 radical (unpaired) electrons. The zero-order valence-corrected chi connectivity index (χ0v) is 25.6. The zero-order valence-electron chi connectivity index (χ0n) is 24.8. The van der Waals surface area contributed by atoms with Crippen molar-refractivity contribution in [2.45, 2.75) is 25.8 Å². The fraction of sp³-hybridized carbons (Fsp3) is 0.194. The zero-order chi connectivity index (χ0) is 31.5. The van der Waals surface area contributed by atoms with E-state index in [1.165, 1.54) is 7.11 Å². The van der Waals surface area contributed by atoms with Gasteiger partial charge in [0.25, 0.3) is 5.91 Å². The third-order valence-electron chi connectivity index (χ3n) is 6.91. The van der Waals surface area contributed by atoms with E-state index in [1.54, 1.807) is 60.4 Å². The van der Waals surface area contributed by atoms with Gasteiger partial charge in [-0.05, 0) is 61.4 Å². The number of hydrogen-bond acceptors (Lipinski definition) is 6. The Morgan fingerprint density at radius 2 is 1.61 bits per heavy atom. The maximum Gasteiger partial charge on any atom is 0.328 e. The van der Waals surface area contributed by atoms with E-state index in [1.807, 2.05) is 54.6 Å². The van der Waals surface area contributed by atoms with Crippen LogP contribution >= 0.6 is 11.6 Å². The molecule has 1 unspecified atom stereocenters. The number of benzene rings is 4. The van der Waals surface area contributed by atoms with Gasteiger partial charge in [0.05, 0.1) is 13.7 Å². The highest BCUT2D eigenvalue weighted by Gasteiger charge is 2.23. The molecule has 0 spiro atoms.